The molecule has 1 aliphatic rings. The van der Waals surface area contributed by atoms with E-state index in [4.69, 9.17) is 4.42 Å². The quantitative estimate of drug-likeness (QED) is 0.731. The molecule has 0 bridgehead atoms. The third-order valence-corrected chi connectivity index (χ3v) is 2.82. The Hall–Kier alpha value is -1.32. The number of rotatable bonds is 1. The van der Waals surface area contributed by atoms with Crippen LogP contribution in [0.25, 0.3) is 0 Å². The van der Waals surface area contributed by atoms with Crippen molar-refractivity contribution in [3.8, 4) is 0 Å². The maximum absolute atomic E-state index is 12.0. The van der Waals surface area contributed by atoms with Crippen molar-refractivity contribution >= 4 is 5.91 Å². The molecule has 0 spiro atoms. The molecule has 16 heavy (non-hydrogen) atoms. The van der Waals surface area contributed by atoms with Crippen molar-refractivity contribution in [3.63, 3.8) is 0 Å². The first kappa shape index (κ1) is 11.2. The van der Waals surface area contributed by atoms with E-state index in [1.807, 2.05) is 20.8 Å². The molecule has 0 aliphatic carbocycles. The van der Waals surface area contributed by atoms with Crippen molar-refractivity contribution in [2.75, 3.05) is 13.1 Å². The summed E-state index contributed by atoms with van der Waals surface area (Å²) in [4.78, 5) is 17.8. The monoisotopic (exact) mass is 222 g/mol. The van der Waals surface area contributed by atoms with Crippen molar-refractivity contribution in [2.45, 2.75) is 39.0 Å². The van der Waals surface area contributed by atoms with Crippen LogP contribution < -0.4 is 0 Å². The SMILES string of the molecule is CC(C)(C)c1cnc(C(=O)N2CCCC2)o1. The molecule has 4 heteroatoms. The molecule has 0 unspecified atom stereocenters. The molecule has 1 saturated heterocycles. The zero-order valence-electron chi connectivity index (χ0n) is 10.1. The van der Waals surface area contributed by atoms with E-state index in [9.17, 15) is 4.79 Å². The van der Waals surface area contributed by atoms with Gasteiger partial charge < -0.3 is 9.32 Å². The molecule has 1 amide bonds. The van der Waals surface area contributed by atoms with E-state index in [1.54, 1.807) is 11.1 Å². The van der Waals surface area contributed by atoms with Gasteiger partial charge in [0.05, 0.1) is 6.20 Å². The molecule has 88 valence electrons. The van der Waals surface area contributed by atoms with Gasteiger partial charge in [0.2, 0.25) is 0 Å². The highest BCUT2D eigenvalue weighted by Crippen LogP contribution is 2.23. The van der Waals surface area contributed by atoms with E-state index in [2.05, 4.69) is 4.98 Å². The Labute approximate surface area is 95.6 Å². The summed E-state index contributed by atoms with van der Waals surface area (Å²) < 4.78 is 5.52. The first-order valence-corrected chi connectivity index (χ1v) is 5.74. The normalized spacial score (nSPS) is 16.8. The van der Waals surface area contributed by atoms with Gasteiger partial charge in [-0.25, -0.2) is 4.98 Å². The smallest absolute Gasteiger partial charge is 0.309 e. The highest BCUT2D eigenvalue weighted by atomic mass is 16.4. The second kappa shape index (κ2) is 3.92. The van der Waals surface area contributed by atoms with Crippen LogP contribution in [-0.2, 0) is 5.41 Å². The number of nitrogens with zero attached hydrogens (tertiary/aromatic N) is 2. The van der Waals surface area contributed by atoms with E-state index < -0.39 is 0 Å². The average molecular weight is 222 g/mol. The van der Waals surface area contributed by atoms with Crippen LogP contribution in [0.2, 0.25) is 0 Å². The Morgan fingerprint density at radius 2 is 2.00 bits per heavy atom. The van der Waals surface area contributed by atoms with E-state index in [0.717, 1.165) is 31.7 Å². The summed E-state index contributed by atoms with van der Waals surface area (Å²) in [6, 6.07) is 0. The fraction of sp³-hybridized carbons (Fsp3) is 0.667. The molecule has 1 aromatic heterocycles. The number of likely N-dealkylation sites (tertiary alicyclic amines) is 1. The minimum absolute atomic E-state index is 0.0759. The molecule has 1 aromatic rings. The Morgan fingerprint density at radius 1 is 1.38 bits per heavy atom. The first-order valence-electron chi connectivity index (χ1n) is 5.74. The Balaban J connectivity index is 2.15. The van der Waals surface area contributed by atoms with E-state index in [1.165, 1.54) is 0 Å². The Morgan fingerprint density at radius 3 is 2.50 bits per heavy atom. The van der Waals surface area contributed by atoms with Gasteiger partial charge >= 0.3 is 5.91 Å². The average Bonchev–Trinajstić information content (AvgIpc) is 2.87. The molecule has 1 fully saturated rings. The molecule has 2 rings (SSSR count). The van der Waals surface area contributed by atoms with Crippen molar-refractivity contribution in [1.29, 1.82) is 0 Å². The van der Waals surface area contributed by atoms with Crippen molar-refractivity contribution in [2.24, 2.45) is 0 Å². The van der Waals surface area contributed by atoms with Crippen LogP contribution in [0.1, 0.15) is 50.1 Å². The fourth-order valence-electron chi connectivity index (χ4n) is 1.78. The third-order valence-electron chi connectivity index (χ3n) is 2.82. The van der Waals surface area contributed by atoms with Gasteiger partial charge in [0.25, 0.3) is 5.89 Å². The highest BCUT2D eigenvalue weighted by molar-refractivity contribution is 5.89. The number of aromatic nitrogens is 1. The molecule has 0 saturated carbocycles. The predicted octanol–water partition coefficient (Wildman–Crippen LogP) is 2.21. The third kappa shape index (κ3) is 2.10. The van der Waals surface area contributed by atoms with Gasteiger partial charge in [-0.1, -0.05) is 20.8 Å². The van der Waals surface area contributed by atoms with Gasteiger partial charge in [-0.3, -0.25) is 4.79 Å². The number of oxazole rings is 1. The van der Waals surface area contributed by atoms with Crippen LogP contribution in [-0.4, -0.2) is 28.9 Å². The zero-order chi connectivity index (χ0) is 11.8. The number of carbonyl (C=O) groups excluding carboxylic acids is 1. The summed E-state index contributed by atoms with van der Waals surface area (Å²) in [6.45, 7) is 7.77. The van der Waals surface area contributed by atoms with E-state index in [0.29, 0.717) is 0 Å². The first-order chi connectivity index (χ1) is 7.48. The summed E-state index contributed by atoms with van der Waals surface area (Å²) in [7, 11) is 0. The molecular formula is C12H18N2O2. The molecule has 0 aromatic carbocycles. The molecule has 0 N–H and O–H groups in total. The Kier molecular flexibility index (Phi) is 2.74. The summed E-state index contributed by atoms with van der Waals surface area (Å²) in [5.41, 5.74) is -0.101. The largest absolute Gasteiger partial charge is 0.437 e. The lowest BCUT2D eigenvalue weighted by molar-refractivity contribution is 0.0749. The molecule has 2 heterocycles. The summed E-state index contributed by atoms with van der Waals surface area (Å²) in [6.07, 6.45) is 3.82. The zero-order valence-corrected chi connectivity index (χ0v) is 10.1. The number of amides is 1. The molecule has 0 atom stereocenters. The highest BCUT2D eigenvalue weighted by Gasteiger charge is 2.26. The fourth-order valence-corrected chi connectivity index (χ4v) is 1.78. The lowest BCUT2D eigenvalue weighted by atomic mass is 9.94. The summed E-state index contributed by atoms with van der Waals surface area (Å²) >= 11 is 0. The van der Waals surface area contributed by atoms with Crippen LogP contribution in [0.15, 0.2) is 10.6 Å². The van der Waals surface area contributed by atoms with Crippen molar-refractivity contribution < 1.29 is 9.21 Å². The lowest BCUT2D eigenvalue weighted by Crippen LogP contribution is -2.27. The topological polar surface area (TPSA) is 46.3 Å². The predicted molar refractivity (Wildman–Crippen MR) is 60.3 cm³/mol. The van der Waals surface area contributed by atoms with Gasteiger partial charge in [-0.05, 0) is 12.8 Å². The van der Waals surface area contributed by atoms with Crippen molar-refractivity contribution in [3.05, 3.63) is 17.8 Å². The number of hydrogen-bond donors (Lipinski definition) is 0. The summed E-state index contributed by atoms with van der Waals surface area (Å²) in [5, 5.41) is 0. The van der Waals surface area contributed by atoms with Crippen LogP contribution in [0.5, 0.6) is 0 Å². The molecule has 0 radical (unpaired) electrons. The van der Waals surface area contributed by atoms with E-state index in [-0.39, 0.29) is 17.2 Å². The second-order valence-corrected chi connectivity index (χ2v) is 5.28. The summed E-state index contributed by atoms with van der Waals surface area (Å²) in [5.74, 6) is 0.912. The van der Waals surface area contributed by atoms with Gasteiger partial charge in [0.1, 0.15) is 5.76 Å². The van der Waals surface area contributed by atoms with Crippen molar-refractivity contribution in [1.82, 2.24) is 9.88 Å². The molecular weight excluding hydrogens is 204 g/mol. The van der Waals surface area contributed by atoms with Crippen LogP contribution in [0.3, 0.4) is 0 Å². The maximum Gasteiger partial charge on any atom is 0.309 e. The van der Waals surface area contributed by atoms with Crippen LogP contribution in [0.4, 0.5) is 0 Å². The van der Waals surface area contributed by atoms with Gasteiger partial charge in [-0.2, -0.15) is 0 Å². The lowest BCUT2D eigenvalue weighted by Gasteiger charge is -2.14. The van der Waals surface area contributed by atoms with Gasteiger partial charge in [0, 0.05) is 18.5 Å². The van der Waals surface area contributed by atoms with Gasteiger partial charge in [-0.15, -0.1) is 0 Å². The van der Waals surface area contributed by atoms with Gasteiger partial charge in [0.15, 0.2) is 0 Å². The number of hydrogen-bond acceptors (Lipinski definition) is 3. The van der Waals surface area contributed by atoms with Crippen LogP contribution in [0, 0.1) is 0 Å². The standard InChI is InChI=1S/C12H18N2O2/c1-12(2,3)9-8-13-10(16-9)11(15)14-6-4-5-7-14/h8H,4-7H2,1-3H3. The minimum atomic E-state index is -0.101. The minimum Gasteiger partial charge on any atom is -0.437 e. The van der Waals surface area contributed by atoms with E-state index >= 15 is 0 Å². The maximum atomic E-state index is 12.0. The number of carbonyl (C=O) groups is 1. The molecule has 1 aliphatic heterocycles. The van der Waals surface area contributed by atoms with Crippen LogP contribution >= 0.6 is 0 Å². The Bertz CT molecular complexity index is 384. The molecule has 4 nitrogen and oxygen atoms in total. The second-order valence-electron chi connectivity index (χ2n) is 5.28.